The fraction of sp³-hybridized carbons (Fsp3) is 0.583. The Morgan fingerprint density at radius 3 is 3.00 bits per heavy atom. The van der Waals surface area contributed by atoms with E-state index in [0.29, 0.717) is 16.5 Å². The number of thiophene rings is 1. The summed E-state index contributed by atoms with van der Waals surface area (Å²) in [5, 5.41) is 0.622. The van der Waals surface area contributed by atoms with Gasteiger partial charge in [-0.15, -0.1) is 11.3 Å². The summed E-state index contributed by atoms with van der Waals surface area (Å²) >= 11 is 1.56. The summed E-state index contributed by atoms with van der Waals surface area (Å²) in [6, 6.07) is 0. The van der Waals surface area contributed by atoms with E-state index in [1.165, 1.54) is 24.0 Å². The highest BCUT2D eigenvalue weighted by Crippen LogP contribution is 2.43. The van der Waals surface area contributed by atoms with Gasteiger partial charge in [0.25, 0.3) is 0 Å². The minimum atomic E-state index is -0.282. The van der Waals surface area contributed by atoms with Gasteiger partial charge in [-0.25, -0.2) is 4.79 Å². The second-order valence-electron chi connectivity index (χ2n) is 4.17. The van der Waals surface area contributed by atoms with E-state index >= 15 is 0 Å². The van der Waals surface area contributed by atoms with Crippen LogP contribution < -0.4 is 5.73 Å². The Morgan fingerprint density at radius 1 is 1.62 bits per heavy atom. The van der Waals surface area contributed by atoms with Crippen molar-refractivity contribution < 1.29 is 9.53 Å². The maximum absolute atomic E-state index is 11.7. The van der Waals surface area contributed by atoms with Crippen LogP contribution in [0.25, 0.3) is 0 Å². The first-order chi connectivity index (χ1) is 7.69. The molecule has 2 N–H and O–H groups in total. The fourth-order valence-corrected chi connectivity index (χ4v) is 3.69. The maximum atomic E-state index is 11.7. The largest absolute Gasteiger partial charge is 0.465 e. The van der Waals surface area contributed by atoms with Gasteiger partial charge in [-0.1, -0.05) is 6.92 Å². The molecule has 1 heterocycles. The van der Waals surface area contributed by atoms with Gasteiger partial charge in [0, 0.05) is 4.88 Å². The van der Waals surface area contributed by atoms with Crippen molar-refractivity contribution >= 4 is 22.3 Å². The number of ether oxygens (including phenoxy) is 1. The predicted molar refractivity (Wildman–Crippen MR) is 66.0 cm³/mol. The molecule has 1 aliphatic carbocycles. The minimum absolute atomic E-state index is 0.282. The van der Waals surface area contributed by atoms with E-state index in [4.69, 9.17) is 10.5 Å². The number of methoxy groups -OCH3 is 1. The van der Waals surface area contributed by atoms with Crippen molar-refractivity contribution in [1.82, 2.24) is 0 Å². The van der Waals surface area contributed by atoms with Gasteiger partial charge in [0.1, 0.15) is 5.00 Å². The molecule has 88 valence electrons. The number of nitrogens with two attached hydrogens (primary N) is 1. The molecule has 2 rings (SSSR count). The third-order valence-electron chi connectivity index (χ3n) is 3.30. The van der Waals surface area contributed by atoms with Crippen LogP contribution in [0, 0.1) is 0 Å². The Hall–Kier alpha value is -1.03. The lowest BCUT2D eigenvalue weighted by Crippen LogP contribution is -2.13. The average Bonchev–Trinajstić information content (AvgIpc) is 2.63. The zero-order valence-corrected chi connectivity index (χ0v) is 10.5. The van der Waals surface area contributed by atoms with Crippen molar-refractivity contribution in [2.24, 2.45) is 0 Å². The van der Waals surface area contributed by atoms with Crippen LogP contribution in [0.1, 0.15) is 52.9 Å². The van der Waals surface area contributed by atoms with Crippen LogP contribution in [0.4, 0.5) is 5.00 Å². The molecule has 0 spiro atoms. The van der Waals surface area contributed by atoms with Crippen molar-refractivity contribution in [1.29, 1.82) is 0 Å². The van der Waals surface area contributed by atoms with E-state index in [9.17, 15) is 4.79 Å². The van der Waals surface area contributed by atoms with Crippen LogP contribution in [0.5, 0.6) is 0 Å². The molecular formula is C12H17NO2S. The Labute approximate surface area is 99.6 Å². The Morgan fingerprint density at radius 2 is 2.38 bits per heavy atom. The van der Waals surface area contributed by atoms with Crippen LogP contribution in [-0.2, 0) is 11.2 Å². The first kappa shape index (κ1) is 11.5. The van der Waals surface area contributed by atoms with Gasteiger partial charge in [-0.3, -0.25) is 0 Å². The monoisotopic (exact) mass is 239 g/mol. The highest BCUT2D eigenvalue weighted by atomic mass is 32.1. The third-order valence-corrected chi connectivity index (χ3v) is 4.39. The molecule has 1 aromatic rings. The molecule has 3 nitrogen and oxygen atoms in total. The number of hydrogen-bond donors (Lipinski definition) is 1. The summed E-state index contributed by atoms with van der Waals surface area (Å²) in [5.74, 6) is 0.196. The number of anilines is 1. The molecule has 0 saturated heterocycles. The fourth-order valence-electron chi connectivity index (χ4n) is 2.50. The Bertz CT molecular complexity index is 411. The topological polar surface area (TPSA) is 52.3 Å². The lowest BCUT2D eigenvalue weighted by molar-refractivity contribution is 0.0600. The summed E-state index contributed by atoms with van der Waals surface area (Å²) in [6.45, 7) is 2.16. The number of esters is 1. The summed E-state index contributed by atoms with van der Waals surface area (Å²) in [6.07, 6.45) is 4.47. The molecule has 16 heavy (non-hydrogen) atoms. The summed E-state index contributed by atoms with van der Waals surface area (Å²) in [7, 11) is 1.41. The maximum Gasteiger partial charge on any atom is 0.341 e. The third kappa shape index (κ3) is 1.71. The molecule has 0 fully saturated rings. The molecule has 0 unspecified atom stereocenters. The molecule has 0 amide bonds. The van der Waals surface area contributed by atoms with Crippen LogP contribution in [-0.4, -0.2) is 13.1 Å². The van der Waals surface area contributed by atoms with Crippen LogP contribution in [0.3, 0.4) is 0 Å². The summed E-state index contributed by atoms with van der Waals surface area (Å²) in [4.78, 5) is 13.0. The molecule has 0 saturated carbocycles. The minimum Gasteiger partial charge on any atom is -0.465 e. The second-order valence-corrected chi connectivity index (χ2v) is 5.30. The lowest BCUT2D eigenvalue weighted by atomic mass is 9.83. The first-order valence-electron chi connectivity index (χ1n) is 5.68. The summed E-state index contributed by atoms with van der Waals surface area (Å²) < 4.78 is 4.82. The van der Waals surface area contributed by atoms with Gasteiger partial charge in [0.05, 0.1) is 12.7 Å². The van der Waals surface area contributed by atoms with Crippen LogP contribution in [0.15, 0.2) is 0 Å². The lowest BCUT2D eigenvalue weighted by Gasteiger charge is -2.22. The highest BCUT2D eigenvalue weighted by Gasteiger charge is 2.29. The Kier molecular flexibility index (Phi) is 3.19. The van der Waals surface area contributed by atoms with E-state index in [1.54, 1.807) is 11.3 Å². The van der Waals surface area contributed by atoms with Gasteiger partial charge in [-0.05, 0) is 37.2 Å². The number of rotatable bonds is 2. The number of carbonyl (C=O) groups excluding carboxylic acids is 1. The van der Waals surface area contributed by atoms with E-state index < -0.39 is 0 Å². The van der Waals surface area contributed by atoms with Crippen molar-refractivity contribution in [2.45, 2.75) is 38.5 Å². The normalized spacial score (nSPS) is 19.2. The van der Waals surface area contributed by atoms with E-state index in [0.717, 1.165) is 19.3 Å². The van der Waals surface area contributed by atoms with Crippen molar-refractivity contribution in [2.75, 3.05) is 12.8 Å². The van der Waals surface area contributed by atoms with Gasteiger partial charge in [-0.2, -0.15) is 0 Å². The highest BCUT2D eigenvalue weighted by molar-refractivity contribution is 7.16. The molecule has 4 heteroatoms. The molecule has 1 aromatic heterocycles. The van der Waals surface area contributed by atoms with Crippen LogP contribution >= 0.6 is 11.3 Å². The number of fused-ring (bicyclic) bond motifs is 1. The van der Waals surface area contributed by atoms with Crippen molar-refractivity contribution in [3.8, 4) is 0 Å². The zero-order valence-electron chi connectivity index (χ0n) is 9.71. The Balaban J connectivity index is 2.52. The van der Waals surface area contributed by atoms with E-state index in [1.807, 2.05) is 0 Å². The van der Waals surface area contributed by atoms with Gasteiger partial charge < -0.3 is 10.5 Å². The molecule has 0 radical (unpaired) electrons. The molecular weight excluding hydrogens is 222 g/mol. The molecule has 1 atom stereocenters. The number of carbonyl (C=O) groups is 1. The first-order valence-corrected chi connectivity index (χ1v) is 6.50. The molecule has 0 aromatic carbocycles. The number of hydrogen-bond acceptors (Lipinski definition) is 4. The van der Waals surface area contributed by atoms with Gasteiger partial charge in [0.15, 0.2) is 0 Å². The standard InChI is InChI=1S/C12H17NO2S/c1-3-7-5-4-6-8-9(7)10(11(13)16-8)12(14)15-2/h7H,3-6,13H2,1-2H3/t7-/m1/s1. The van der Waals surface area contributed by atoms with Gasteiger partial charge in [0.2, 0.25) is 0 Å². The second kappa shape index (κ2) is 4.45. The number of nitrogen functional groups attached to an aromatic ring is 1. The zero-order chi connectivity index (χ0) is 11.7. The van der Waals surface area contributed by atoms with Gasteiger partial charge >= 0.3 is 5.97 Å². The molecule has 1 aliphatic rings. The quantitative estimate of drug-likeness (QED) is 0.807. The van der Waals surface area contributed by atoms with E-state index in [-0.39, 0.29) is 5.97 Å². The number of aryl methyl sites for hydroxylation is 1. The van der Waals surface area contributed by atoms with Crippen LogP contribution in [0.2, 0.25) is 0 Å². The summed E-state index contributed by atoms with van der Waals surface area (Å²) in [5.41, 5.74) is 7.74. The predicted octanol–water partition coefficient (Wildman–Crippen LogP) is 2.95. The smallest absolute Gasteiger partial charge is 0.341 e. The molecule has 0 aliphatic heterocycles. The van der Waals surface area contributed by atoms with Crippen molar-refractivity contribution in [3.05, 3.63) is 16.0 Å². The van der Waals surface area contributed by atoms with E-state index in [2.05, 4.69) is 6.92 Å². The van der Waals surface area contributed by atoms with Crippen molar-refractivity contribution in [3.63, 3.8) is 0 Å². The average molecular weight is 239 g/mol. The molecule has 0 bridgehead atoms. The SMILES string of the molecule is CC[C@@H]1CCCc2sc(N)c(C(=O)OC)c21.